The number of nitrogens with zero attached hydrogens (tertiary/aromatic N) is 1. The Labute approximate surface area is 184 Å². The Bertz CT molecular complexity index is 1060. The first-order chi connectivity index (χ1) is 14.7. The third-order valence-electron chi connectivity index (χ3n) is 5.89. The number of carbonyl (C=O) groups is 2. The number of rotatable bonds is 5. The smallest absolute Gasteiger partial charge is 0.253 e. The highest BCUT2D eigenvalue weighted by atomic mass is 16.2. The number of nitrogens with one attached hydrogen (secondary N) is 3. The van der Waals surface area contributed by atoms with Crippen LogP contribution in [0.4, 0.5) is 5.69 Å². The van der Waals surface area contributed by atoms with Crippen molar-refractivity contribution in [3.05, 3.63) is 56.5 Å². The third kappa shape index (κ3) is 5.37. The summed E-state index contributed by atoms with van der Waals surface area (Å²) >= 11 is 0. The standard InChI is InChI=1S/C23H29BN4O3/c1-13-9-14(2)26-23(31)20(13)12-25-22(30)19-10-17(24)11-21(15(19)3)27-18-5-7-28(8-6-18)16(4)29/h9-11,18,27H,5-8,12H2,1-4H3,(H,25,30)(H,26,31). The van der Waals surface area contributed by atoms with E-state index in [4.69, 9.17) is 7.85 Å². The highest BCUT2D eigenvalue weighted by Gasteiger charge is 2.22. The molecule has 1 saturated heterocycles. The summed E-state index contributed by atoms with van der Waals surface area (Å²) in [6.07, 6.45) is 1.68. The summed E-state index contributed by atoms with van der Waals surface area (Å²) in [5.74, 6) is -0.182. The van der Waals surface area contributed by atoms with Crippen LogP contribution < -0.4 is 21.7 Å². The van der Waals surface area contributed by atoms with Gasteiger partial charge >= 0.3 is 0 Å². The molecule has 3 N–H and O–H groups in total. The van der Waals surface area contributed by atoms with Gasteiger partial charge in [0, 0.05) is 55.1 Å². The maximum Gasteiger partial charge on any atom is 0.253 e. The Morgan fingerprint density at radius 3 is 2.45 bits per heavy atom. The highest BCUT2D eigenvalue weighted by Crippen LogP contribution is 2.22. The molecule has 0 aliphatic carbocycles. The molecular formula is C23H29BN4O3. The number of piperidine rings is 1. The van der Waals surface area contributed by atoms with Crippen LogP contribution in [0, 0.1) is 20.8 Å². The van der Waals surface area contributed by atoms with Crippen molar-refractivity contribution in [1.82, 2.24) is 15.2 Å². The van der Waals surface area contributed by atoms with Gasteiger partial charge in [-0.05, 0) is 56.9 Å². The topological polar surface area (TPSA) is 94.3 Å². The summed E-state index contributed by atoms with van der Waals surface area (Å²) in [5.41, 5.74) is 4.55. The van der Waals surface area contributed by atoms with Crippen LogP contribution >= 0.6 is 0 Å². The summed E-state index contributed by atoms with van der Waals surface area (Å²) in [5, 5.41) is 6.34. The van der Waals surface area contributed by atoms with Crippen LogP contribution in [0.1, 0.15) is 52.5 Å². The summed E-state index contributed by atoms with van der Waals surface area (Å²) in [7, 11) is 6.08. The van der Waals surface area contributed by atoms with Crippen LogP contribution in [0.15, 0.2) is 23.0 Å². The molecule has 2 heterocycles. The van der Waals surface area contributed by atoms with Gasteiger partial charge in [0.25, 0.3) is 11.5 Å². The zero-order valence-electron chi connectivity index (χ0n) is 18.6. The molecule has 2 aromatic rings. The van der Waals surface area contributed by atoms with Gasteiger partial charge in [0.05, 0.1) is 0 Å². The molecular weight excluding hydrogens is 391 g/mol. The maximum atomic E-state index is 12.9. The third-order valence-corrected chi connectivity index (χ3v) is 5.89. The van der Waals surface area contributed by atoms with E-state index in [1.807, 2.05) is 37.8 Å². The van der Waals surface area contributed by atoms with Crippen molar-refractivity contribution in [1.29, 1.82) is 0 Å². The predicted molar refractivity (Wildman–Crippen MR) is 123 cm³/mol. The van der Waals surface area contributed by atoms with Gasteiger partial charge in [-0.1, -0.05) is 11.5 Å². The Kier molecular flexibility index (Phi) is 6.88. The van der Waals surface area contributed by atoms with Crippen molar-refractivity contribution >= 4 is 30.8 Å². The Hall–Kier alpha value is -3.03. The van der Waals surface area contributed by atoms with Gasteiger partial charge < -0.3 is 20.5 Å². The first-order valence-corrected chi connectivity index (χ1v) is 10.6. The van der Waals surface area contributed by atoms with Crippen molar-refractivity contribution in [3.8, 4) is 0 Å². The monoisotopic (exact) mass is 420 g/mol. The van der Waals surface area contributed by atoms with E-state index < -0.39 is 0 Å². The van der Waals surface area contributed by atoms with Crippen LogP contribution in [-0.2, 0) is 11.3 Å². The van der Waals surface area contributed by atoms with Crippen LogP contribution in [-0.4, -0.2) is 48.7 Å². The van der Waals surface area contributed by atoms with Crippen LogP contribution in [0.2, 0.25) is 0 Å². The van der Waals surface area contributed by atoms with E-state index in [1.165, 1.54) is 0 Å². The van der Waals surface area contributed by atoms with E-state index in [-0.39, 0.29) is 30.0 Å². The number of anilines is 1. The quantitative estimate of drug-likeness (QED) is 0.639. The first-order valence-electron chi connectivity index (χ1n) is 10.6. The Morgan fingerprint density at radius 2 is 1.84 bits per heavy atom. The number of hydrogen-bond donors (Lipinski definition) is 3. The van der Waals surface area contributed by atoms with Gasteiger partial charge in [0.2, 0.25) is 5.91 Å². The second-order valence-corrected chi connectivity index (χ2v) is 8.29. The average Bonchev–Trinajstić information content (AvgIpc) is 2.69. The summed E-state index contributed by atoms with van der Waals surface area (Å²) < 4.78 is 0. The molecule has 1 aliphatic rings. The van der Waals surface area contributed by atoms with Crippen LogP contribution in [0.3, 0.4) is 0 Å². The average molecular weight is 420 g/mol. The number of amides is 2. The normalized spacial score (nSPS) is 14.4. The number of aryl methyl sites for hydroxylation is 2. The second kappa shape index (κ2) is 9.41. The van der Waals surface area contributed by atoms with Gasteiger partial charge in [-0.3, -0.25) is 14.4 Å². The molecule has 1 aliphatic heterocycles. The minimum absolute atomic E-state index is 0.0974. The van der Waals surface area contributed by atoms with Gasteiger partial charge in [-0.15, -0.1) is 0 Å². The van der Waals surface area contributed by atoms with Crippen molar-refractivity contribution in [2.75, 3.05) is 18.4 Å². The molecule has 2 amide bonds. The molecule has 3 rings (SSSR count). The molecule has 0 spiro atoms. The molecule has 0 unspecified atom stereocenters. The number of carbonyl (C=O) groups excluding carboxylic acids is 2. The molecule has 1 fully saturated rings. The predicted octanol–water partition coefficient (Wildman–Crippen LogP) is 1.45. The van der Waals surface area contributed by atoms with Gasteiger partial charge in [0.15, 0.2) is 0 Å². The number of aromatic amines is 1. The second-order valence-electron chi connectivity index (χ2n) is 8.29. The summed E-state index contributed by atoms with van der Waals surface area (Å²) in [4.78, 5) is 41.2. The maximum absolute atomic E-state index is 12.9. The molecule has 0 bridgehead atoms. The van der Waals surface area contributed by atoms with E-state index >= 15 is 0 Å². The number of pyridine rings is 1. The van der Waals surface area contributed by atoms with E-state index in [1.54, 1.807) is 13.0 Å². The zero-order valence-corrected chi connectivity index (χ0v) is 18.6. The fraction of sp³-hybridized carbons (Fsp3) is 0.435. The number of H-pyrrole nitrogens is 1. The van der Waals surface area contributed by atoms with Gasteiger partial charge in [-0.25, -0.2) is 0 Å². The number of benzene rings is 1. The minimum Gasteiger partial charge on any atom is -0.382 e. The minimum atomic E-state index is -0.279. The Morgan fingerprint density at radius 1 is 1.16 bits per heavy atom. The summed E-state index contributed by atoms with van der Waals surface area (Å²) in [6.45, 7) is 8.72. The molecule has 0 atom stereocenters. The van der Waals surface area contributed by atoms with Crippen molar-refractivity contribution in [2.24, 2.45) is 0 Å². The molecule has 7 nitrogen and oxygen atoms in total. The van der Waals surface area contributed by atoms with Crippen molar-refractivity contribution in [2.45, 2.75) is 53.1 Å². The van der Waals surface area contributed by atoms with Gasteiger partial charge in [-0.2, -0.15) is 0 Å². The zero-order chi connectivity index (χ0) is 22.7. The SMILES string of the molecule is [B]c1cc(NC2CCN(C(C)=O)CC2)c(C)c(C(=O)NCc2c(C)cc(C)[nH]c2=O)c1. The highest BCUT2D eigenvalue weighted by molar-refractivity contribution is 6.33. The molecule has 2 radical (unpaired) electrons. The molecule has 31 heavy (non-hydrogen) atoms. The van der Waals surface area contributed by atoms with E-state index in [9.17, 15) is 14.4 Å². The lowest BCUT2D eigenvalue weighted by atomic mass is 9.90. The fourth-order valence-corrected chi connectivity index (χ4v) is 4.05. The lowest BCUT2D eigenvalue weighted by molar-refractivity contribution is -0.129. The number of likely N-dealkylation sites (tertiary alicyclic amines) is 1. The van der Waals surface area contributed by atoms with Gasteiger partial charge in [0.1, 0.15) is 7.85 Å². The molecule has 162 valence electrons. The largest absolute Gasteiger partial charge is 0.382 e. The van der Waals surface area contributed by atoms with Crippen molar-refractivity contribution in [3.63, 3.8) is 0 Å². The Balaban J connectivity index is 1.72. The van der Waals surface area contributed by atoms with Crippen LogP contribution in [0.25, 0.3) is 0 Å². The first kappa shape index (κ1) is 22.7. The van der Waals surface area contributed by atoms with Crippen molar-refractivity contribution < 1.29 is 9.59 Å². The number of hydrogen-bond acceptors (Lipinski definition) is 4. The lowest BCUT2D eigenvalue weighted by Crippen LogP contribution is -2.41. The van der Waals surface area contributed by atoms with E-state index in [0.29, 0.717) is 29.7 Å². The van der Waals surface area contributed by atoms with Crippen LogP contribution in [0.5, 0.6) is 0 Å². The van der Waals surface area contributed by atoms with E-state index in [2.05, 4.69) is 15.6 Å². The molecule has 1 aromatic heterocycles. The summed E-state index contributed by atoms with van der Waals surface area (Å²) in [6, 6.07) is 5.58. The molecule has 8 heteroatoms. The molecule has 1 aromatic carbocycles. The van der Waals surface area contributed by atoms with E-state index in [0.717, 1.165) is 35.3 Å². The lowest BCUT2D eigenvalue weighted by Gasteiger charge is -2.32. The fourth-order valence-electron chi connectivity index (χ4n) is 4.05. The number of aromatic nitrogens is 1. The molecule has 0 saturated carbocycles.